The summed E-state index contributed by atoms with van der Waals surface area (Å²) in [5, 5.41) is 6.01. The van der Waals surface area contributed by atoms with E-state index >= 15 is 0 Å². The molecule has 0 aliphatic carbocycles. The molecule has 100 valence electrons. The first kappa shape index (κ1) is 13.2. The molecule has 0 saturated heterocycles. The fraction of sp³-hybridized carbons (Fsp3) is 0.267. The zero-order valence-corrected chi connectivity index (χ0v) is 11.2. The Bertz CT molecular complexity index is 544. The van der Waals surface area contributed by atoms with E-state index in [9.17, 15) is 4.79 Å². The number of hydrogen-bond acceptors (Lipinski definition) is 3. The van der Waals surface area contributed by atoms with Crippen LogP contribution in [0.2, 0.25) is 0 Å². The van der Waals surface area contributed by atoms with Crippen molar-refractivity contribution in [2.24, 2.45) is 0 Å². The number of nitrogens with one attached hydrogen (secondary N) is 2. The third kappa shape index (κ3) is 3.61. The van der Waals surface area contributed by atoms with Gasteiger partial charge in [0, 0.05) is 17.8 Å². The van der Waals surface area contributed by atoms with Crippen LogP contribution in [-0.2, 0) is 6.54 Å². The second-order valence-corrected chi connectivity index (χ2v) is 4.30. The molecule has 4 heteroatoms. The molecule has 19 heavy (non-hydrogen) atoms. The van der Waals surface area contributed by atoms with Crippen LogP contribution in [0.15, 0.2) is 40.8 Å². The largest absolute Gasteiger partial charge is 0.465 e. The second-order valence-electron chi connectivity index (χ2n) is 4.30. The Morgan fingerprint density at radius 2 is 1.89 bits per heavy atom. The topological polar surface area (TPSA) is 54.3 Å². The summed E-state index contributed by atoms with van der Waals surface area (Å²) in [4.78, 5) is 11.9. The van der Waals surface area contributed by atoms with Crippen LogP contribution in [0.5, 0.6) is 0 Å². The maximum atomic E-state index is 11.9. The molecule has 1 heterocycles. The Morgan fingerprint density at radius 3 is 2.47 bits per heavy atom. The number of furan rings is 1. The van der Waals surface area contributed by atoms with Gasteiger partial charge in [0.05, 0.1) is 6.54 Å². The summed E-state index contributed by atoms with van der Waals surface area (Å²) >= 11 is 0. The van der Waals surface area contributed by atoms with Gasteiger partial charge >= 0.3 is 0 Å². The van der Waals surface area contributed by atoms with Crippen molar-refractivity contribution in [1.29, 1.82) is 0 Å². The number of carbonyl (C=O) groups excluding carboxylic acids is 1. The van der Waals surface area contributed by atoms with Crippen LogP contribution in [0.25, 0.3) is 0 Å². The van der Waals surface area contributed by atoms with E-state index in [1.807, 2.05) is 38.1 Å². The summed E-state index contributed by atoms with van der Waals surface area (Å²) in [7, 11) is 0. The van der Waals surface area contributed by atoms with Crippen molar-refractivity contribution < 1.29 is 9.21 Å². The van der Waals surface area contributed by atoms with Gasteiger partial charge in [0.1, 0.15) is 11.5 Å². The molecule has 0 saturated carbocycles. The van der Waals surface area contributed by atoms with Gasteiger partial charge in [0.2, 0.25) is 0 Å². The fourth-order valence-corrected chi connectivity index (χ4v) is 1.79. The first-order valence-electron chi connectivity index (χ1n) is 6.36. The summed E-state index contributed by atoms with van der Waals surface area (Å²) in [5.74, 6) is 1.51. The van der Waals surface area contributed by atoms with Gasteiger partial charge < -0.3 is 15.1 Å². The average molecular weight is 258 g/mol. The Morgan fingerprint density at radius 1 is 1.16 bits per heavy atom. The van der Waals surface area contributed by atoms with Gasteiger partial charge in [-0.25, -0.2) is 0 Å². The molecule has 1 amide bonds. The predicted molar refractivity (Wildman–Crippen MR) is 75.2 cm³/mol. The van der Waals surface area contributed by atoms with Crippen molar-refractivity contribution in [3.63, 3.8) is 0 Å². The van der Waals surface area contributed by atoms with Crippen molar-refractivity contribution in [3.8, 4) is 0 Å². The molecule has 0 fully saturated rings. The van der Waals surface area contributed by atoms with Crippen molar-refractivity contribution in [1.82, 2.24) is 5.32 Å². The van der Waals surface area contributed by atoms with Crippen molar-refractivity contribution in [2.75, 3.05) is 11.9 Å². The molecule has 0 atom stereocenters. The molecular weight excluding hydrogens is 240 g/mol. The lowest BCUT2D eigenvalue weighted by Gasteiger charge is -2.06. The number of benzene rings is 1. The number of aryl methyl sites for hydroxylation is 1. The van der Waals surface area contributed by atoms with Crippen LogP contribution in [-0.4, -0.2) is 12.5 Å². The maximum absolute atomic E-state index is 11.9. The highest BCUT2D eigenvalue weighted by molar-refractivity contribution is 5.94. The lowest BCUT2D eigenvalue weighted by Crippen LogP contribution is -2.22. The monoisotopic (exact) mass is 258 g/mol. The second kappa shape index (κ2) is 6.09. The summed E-state index contributed by atoms with van der Waals surface area (Å²) in [5.41, 5.74) is 1.66. The minimum absolute atomic E-state index is 0.0999. The van der Waals surface area contributed by atoms with Gasteiger partial charge in [0.15, 0.2) is 0 Å². The molecule has 1 aromatic carbocycles. The summed E-state index contributed by atoms with van der Waals surface area (Å²) in [6.07, 6.45) is 0. The molecule has 2 aromatic rings. The van der Waals surface area contributed by atoms with Crippen molar-refractivity contribution in [2.45, 2.75) is 20.4 Å². The smallest absolute Gasteiger partial charge is 0.251 e. The third-order valence-corrected chi connectivity index (χ3v) is 2.75. The number of rotatable bonds is 5. The molecule has 0 radical (unpaired) electrons. The SMILES string of the molecule is CCNc1ccc(C(=O)NCc2ccc(C)o2)cc1. The predicted octanol–water partition coefficient (Wildman–Crippen LogP) is 2.95. The van der Waals surface area contributed by atoms with Crippen LogP contribution in [0.1, 0.15) is 28.8 Å². The minimum atomic E-state index is -0.0999. The van der Waals surface area contributed by atoms with E-state index < -0.39 is 0 Å². The number of anilines is 1. The maximum Gasteiger partial charge on any atom is 0.251 e. The van der Waals surface area contributed by atoms with Crippen LogP contribution in [0.4, 0.5) is 5.69 Å². The van der Waals surface area contributed by atoms with E-state index in [0.717, 1.165) is 23.8 Å². The molecule has 0 aliphatic rings. The normalized spacial score (nSPS) is 10.2. The molecular formula is C15H18N2O2. The third-order valence-electron chi connectivity index (χ3n) is 2.75. The molecule has 2 N–H and O–H groups in total. The van der Waals surface area contributed by atoms with Crippen LogP contribution < -0.4 is 10.6 Å². The van der Waals surface area contributed by atoms with E-state index in [1.165, 1.54) is 0 Å². The highest BCUT2D eigenvalue weighted by Crippen LogP contribution is 2.10. The molecule has 1 aromatic heterocycles. The van der Waals surface area contributed by atoms with E-state index in [0.29, 0.717) is 12.1 Å². The lowest BCUT2D eigenvalue weighted by molar-refractivity contribution is 0.0948. The van der Waals surface area contributed by atoms with Gasteiger partial charge in [-0.05, 0) is 50.2 Å². The van der Waals surface area contributed by atoms with Crippen LogP contribution >= 0.6 is 0 Å². The lowest BCUT2D eigenvalue weighted by atomic mass is 10.2. The van der Waals surface area contributed by atoms with E-state index in [1.54, 1.807) is 12.1 Å². The molecule has 0 aliphatic heterocycles. The molecule has 0 spiro atoms. The van der Waals surface area contributed by atoms with Crippen molar-refractivity contribution >= 4 is 11.6 Å². The molecule has 0 bridgehead atoms. The zero-order valence-electron chi connectivity index (χ0n) is 11.2. The van der Waals surface area contributed by atoms with Gasteiger partial charge in [-0.1, -0.05) is 0 Å². The summed E-state index contributed by atoms with van der Waals surface area (Å²) in [6.45, 7) is 5.18. The van der Waals surface area contributed by atoms with Crippen LogP contribution in [0.3, 0.4) is 0 Å². The highest BCUT2D eigenvalue weighted by atomic mass is 16.3. The highest BCUT2D eigenvalue weighted by Gasteiger charge is 2.06. The quantitative estimate of drug-likeness (QED) is 0.867. The zero-order chi connectivity index (χ0) is 13.7. The number of carbonyl (C=O) groups is 1. The standard InChI is InChI=1S/C15H18N2O2/c1-3-16-13-7-5-12(6-8-13)15(18)17-10-14-9-4-11(2)19-14/h4-9,16H,3,10H2,1-2H3,(H,17,18). The first-order valence-corrected chi connectivity index (χ1v) is 6.36. The Hall–Kier alpha value is -2.23. The van der Waals surface area contributed by atoms with Gasteiger partial charge in [-0.3, -0.25) is 4.79 Å². The first-order chi connectivity index (χ1) is 9.19. The van der Waals surface area contributed by atoms with E-state index in [4.69, 9.17) is 4.42 Å². The molecule has 4 nitrogen and oxygen atoms in total. The van der Waals surface area contributed by atoms with Gasteiger partial charge in [-0.15, -0.1) is 0 Å². The van der Waals surface area contributed by atoms with Gasteiger partial charge in [-0.2, -0.15) is 0 Å². The van der Waals surface area contributed by atoms with E-state index in [-0.39, 0.29) is 5.91 Å². The summed E-state index contributed by atoms with van der Waals surface area (Å²) < 4.78 is 5.40. The Balaban J connectivity index is 1.92. The number of hydrogen-bond donors (Lipinski definition) is 2. The fourth-order valence-electron chi connectivity index (χ4n) is 1.79. The Labute approximate surface area is 112 Å². The van der Waals surface area contributed by atoms with Crippen molar-refractivity contribution in [3.05, 3.63) is 53.5 Å². The Kier molecular flexibility index (Phi) is 4.23. The van der Waals surface area contributed by atoms with Gasteiger partial charge in [0.25, 0.3) is 5.91 Å². The van der Waals surface area contributed by atoms with E-state index in [2.05, 4.69) is 10.6 Å². The summed E-state index contributed by atoms with van der Waals surface area (Å²) in [6, 6.07) is 11.2. The van der Waals surface area contributed by atoms with Crippen LogP contribution in [0, 0.1) is 6.92 Å². The number of amides is 1. The minimum Gasteiger partial charge on any atom is -0.465 e. The molecule has 2 rings (SSSR count). The average Bonchev–Trinajstić information content (AvgIpc) is 2.83. The molecule has 0 unspecified atom stereocenters.